The molecule has 1 aliphatic rings. The minimum atomic E-state index is -1.37. The summed E-state index contributed by atoms with van der Waals surface area (Å²) in [5.41, 5.74) is 13.1. The Bertz CT molecular complexity index is 1590. The van der Waals surface area contributed by atoms with Crippen LogP contribution in [-0.2, 0) is 34.5 Å². The van der Waals surface area contributed by atoms with E-state index in [1.165, 1.54) is 5.56 Å². The van der Waals surface area contributed by atoms with Crippen molar-refractivity contribution in [1.29, 1.82) is 0 Å². The Morgan fingerprint density at radius 3 is 2.23 bits per heavy atom. The molecule has 44 heavy (non-hydrogen) atoms. The van der Waals surface area contributed by atoms with Gasteiger partial charge in [-0.1, -0.05) is 59.7 Å². The third kappa shape index (κ3) is 6.21. The molecule has 0 amide bonds. The average molecular weight is 614 g/mol. The first-order valence-electron chi connectivity index (χ1n) is 14.9. The van der Waals surface area contributed by atoms with Crippen LogP contribution in [0.5, 0.6) is 0 Å². The van der Waals surface area contributed by atoms with Gasteiger partial charge in [0.1, 0.15) is 6.61 Å². The Morgan fingerprint density at radius 2 is 1.59 bits per heavy atom. The minimum absolute atomic E-state index is 0. The molecule has 4 aromatic rings. The number of hydrogen-bond acceptors (Lipinski definition) is 6. The number of aryl methyl sites for hydroxylation is 3. The van der Waals surface area contributed by atoms with Crippen molar-refractivity contribution < 1.29 is 19.4 Å². The molecule has 2 atom stereocenters. The van der Waals surface area contributed by atoms with Crippen LogP contribution < -0.4 is 10.6 Å². The normalized spacial score (nSPS) is 17.1. The molecule has 0 saturated carbocycles. The van der Waals surface area contributed by atoms with Crippen LogP contribution in [0.2, 0.25) is 0 Å². The molecule has 8 heteroatoms. The van der Waals surface area contributed by atoms with Gasteiger partial charge in [0, 0.05) is 24.6 Å². The number of hydrogen-bond donors (Lipinski definition) is 2. The maximum absolute atomic E-state index is 14.5. The predicted octanol–water partition coefficient (Wildman–Crippen LogP) is 6.86. The number of benzene rings is 3. The van der Waals surface area contributed by atoms with Gasteiger partial charge in [-0.25, -0.2) is 9.59 Å². The van der Waals surface area contributed by atoms with Gasteiger partial charge in [-0.2, -0.15) is 0 Å². The molecule has 0 aliphatic carbocycles. The van der Waals surface area contributed by atoms with Gasteiger partial charge in [0.2, 0.25) is 0 Å². The third-order valence-electron chi connectivity index (χ3n) is 8.44. The molecule has 0 spiro atoms. The number of carbonyl (C=O) groups excluding carboxylic acids is 1. The summed E-state index contributed by atoms with van der Waals surface area (Å²) in [6.07, 6.45) is 6.61. The zero-order chi connectivity index (χ0) is 30.6. The van der Waals surface area contributed by atoms with Gasteiger partial charge >= 0.3 is 11.9 Å². The molecule has 1 aromatic heterocycles. The summed E-state index contributed by atoms with van der Waals surface area (Å²) >= 11 is 0. The van der Waals surface area contributed by atoms with Crippen molar-refractivity contribution in [3.05, 3.63) is 130 Å². The maximum atomic E-state index is 14.5. The lowest BCUT2D eigenvalue weighted by Crippen LogP contribution is -2.55. The molecule has 2 unspecified atom stereocenters. The fourth-order valence-corrected chi connectivity index (χ4v) is 6.59. The summed E-state index contributed by atoms with van der Waals surface area (Å²) < 4.78 is 6.07. The van der Waals surface area contributed by atoms with E-state index in [9.17, 15) is 14.7 Å². The molecule has 0 fully saturated rings. The Kier molecular flexibility index (Phi) is 10.4. The van der Waals surface area contributed by atoms with Crippen molar-refractivity contribution in [2.75, 3.05) is 11.4 Å². The van der Waals surface area contributed by atoms with E-state index in [1.54, 1.807) is 24.5 Å². The third-order valence-corrected chi connectivity index (χ3v) is 8.44. The van der Waals surface area contributed by atoms with E-state index in [0.717, 1.165) is 47.2 Å². The summed E-state index contributed by atoms with van der Waals surface area (Å²) in [4.78, 5) is 33.1. The number of unbranched alkanes of at least 4 members (excludes halogenated alkanes) is 1. The number of nitrogens with zero attached hydrogens (tertiary/aromatic N) is 2. The first-order chi connectivity index (χ1) is 20.8. The number of carboxylic acids is 1. The number of ether oxygens (including phenoxy) is 1. The maximum Gasteiger partial charge on any atom is 0.339 e. The first-order valence-corrected chi connectivity index (χ1v) is 14.9. The van der Waals surface area contributed by atoms with Crippen molar-refractivity contribution in [1.82, 2.24) is 4.98 Å². The zero-order valence-electron chi connectivity index (χ0n) is 25.5. The molecule has 3 aromatic carbocycles. The number of halogens is 1. The van der Waals surface area contributed by atoms with Gasteiger partial charge in [0.25, 0.3) is 0 Å². The number of nitrogens with two attached hydrogens (primary N) is 1. The van der Waals surface area contributed by atoms with Crippen LogP contribution >= 0.6 is 12.4 Å². The Hall–Kier alpha value is -4.20. The molecule has 2 heterocycles. The van der Waals surface area contributed by atoms with Gasteiger partial charge in [-0.3, -0.25) is 4.98 Å². The average Bonchev–Trinajstić information content (AvgIpc) is 3.27. The number of fused-ring (bicyclic) bond motifs is 1. The quantitative estimate of drug-likeness (QED) is 0.141. The summed E-state index contributed by atoms with van der Waals surface area (Å²) in [6, 6.07) is 22.2. The Morgan fingerprint density at radius 1 is 0.932 bits per heavy atom. The van der Waals surface area contributed by atoms with Gasteiger partial charge in [0.05, 0.1) is 11.6 Å². The lowest BCUT2D eigenvalue weighted by Gasteiger charge is -2.40. The monoisotopic (exact) mass is 613 g/mol. The number of anilines is 1. The minimum Gasteiger partial charge on any atom is -0.478 e. The largest absolute Gasteiger partial charge is 0.478 e. The number of likely N-dealkylation sites (N-methyl/N-ethyl adjacent to an activating group) is 1. The number of aromatic carboxylic acids is 1. The van der Waals surface area contributed by atoms with E-state index in [4.69, 9.17) is 10.5 Å². The van der Waals surface area contributed by atoms with E-state index in [1.807, 2.05) is 80.3 Å². The van der Waals surface area contributed by atoms with Crippen LogP contribution in [0.25, 0.3) is 0 Å². The lowest BCUT2D eigenvalue weighted by atomic mass is 9.79. The molecule has 0 saturated heterocycles. The van der Waals surface area contributed by atoms with Crippen molar-refractivity contribution in [2.24, 2.45) is 5.73 Å². The fourth-order valence-electron chi connectivity index (χ4n) is 6.59. The molecular weight excluding hydrogens is 574 g/mol. The van der Waals surface area contributed by atoms with E-state index in [2.05, 4.69) is 11.1 Å². The van der Waals surface area contributed by atoms with E-state index >= 15 is 0 Å². The number of aromatic nitrogens is 1. The van der Waals surface area contributed by atoms with Crippen LogP contribution in [0, 0.1) is 13.8 Å². The molecular formula is C36H40ClN3O4. The van der Waals surface area contributed by atoms with Crippen LogP contribution in [0.3, 0.4) is 0 Å². The Labute approximate surface area is 265 Å². The van der Waals surface area contributed by atoms with Crippen molar-refractivity contribution in [2.45, 2.75) is 64.6 Å². The highest BCUT2D eigenvalue weighted by Crippen LogP contribution is 2.54. The van der Waals surface area contributed by atoms with E-state index < -0.39 is 23.5 Å². The highest BCUT2D eigenvalue weighted by molar-refractivity contribution is 5.96. The molecule has 3 N–H and O–H groups in total. The van der Waals surface area contributed by atoms with Crippen LogP contribution in [0.15, 0.2) is 85.2 Å². The number of carbonyl (C=O) groups is 2. The molecule has 5 rings (SSSR count). The number of pyridine rings is 1. The van der Waals surface area contributed by atoms with Crippen LogP contribution in [0.4, 0.5) is 5.69 Å². The van der Waals surface area contributed by atoms with Gasteiger partial charge < -0.3 is 20.5 Å². The predicted molar refractivity (Wildman–Crippen MR) is 175 cm³/mol. The molecule has 1 aliphatic heterocycles. The topological polar surface area (TPSA) is 106 Å². The molecule has 0 bridgehead atoms. The smallest absolute Gasteiger partial charge is 0.339 e. The number of esters is 1. The highest BCUT2D eigenvalue weighted by atomic mass is 35.5. The van der Waals surface area contributed by atoms with Gasteiger partial charge in [-0.05, 0) is 98.5 Å². The SMILES string of the molecule is CCN1c2ccc(C(=O)O)c(CCCCc3ccncc3)c2C(N)C1(C(=O)OCc1ccccc1)c1cc(C)cc(C)c1.Cl. The fraction of sp³-hybridized carbons (Fsp3) is 0.306. The zero-order valence-corrected chi connectivity index (χ0v) is 26.3. The standard InChI is InChI=1S/C36H39N3O4.ClH/c1-4-39-31-15-14-30(34(40)41)29(13-9-8-10-26-16-18-38-19-17-26)32(31)33(37)36(39,28-21-24(2)20-25(3)22-28)35(42)43-23-27-11-6-5-7-12-27;/h5-7,11-12,14-22,33H,4,8-10,13,23,37H2,1-3H3,(H,40,41);1H. The second-order valence-corrected chi connectivity index (χ2v) is 11.3. The van der Waals surface area contributed by atoms with E-state index in [0.29, 0.717) is 24.1 Å². The Balaban J connectivity index is 0.00000442. The van der Waals surface area contributed by atoms with Crippen molar-refractivity contribution >= 4 is 30.0 Å². The summed E-state index contributed by atoms with van der Waals surface area (Å²) in [5, 5.41) is 10.2. The molecule has 230 valence electrons. The summed E-state index contributed by atoms with van der Waals surface area (Å²) in [6.45, 7) is 6.57. The summed E-state index contributed by atoms with van der Waals surface area (Å²) in [7, 11) is 0. The van der Waals surface area contributed by atoms with Crippen LogP contribution in [-0.4, -0.2) is 28.6 Å². The van der Waals surface area contributed by atoms with Crippen molar-refractivity contribution in [3.63, 3.8) is 0 Å². The second kappa shape index (κ2) is 14.1. The molecule has 7 nitrogen and oxygen atoms in total. The van der Waals surface area contributed by atoms with Crippen molar-refractivity contribution in [3.8, 4) is 0 Å². The molecule has 0 radical (unpaired) electrons. The van der Waals surface area contributed by atoms with E-state index in [-0.39, 0.29) is 24.6 Å². The highest BCUT2D eigenvalue weighted by Gasteiger charge is 2.58. The first kappa shape index (κ1) is 32.7. The van der Waals surface area contributed by atoms with Gasteiger partial charge in [0.15, 0.2) is 5.54 Å². The number of rotatable bonds is 11. The number of carboxylic acid groups (broad SMARTS) is 1. The second-order valence-electron chi connectivity index (χ2n) is 11.3. The van der Waals surface area contributed by atoms with Gasteiger partial charge in [-0.15, -0.1) is 12.4 Å². The van der Waals surface area contributed by atoms with Crippen LogP contribution in [0.1, 0.15) is 75.1 Å². The summed E-state index contributed by atoms with van der Waals surface area (Å²) in [5.74, 6) is -1.45. The lowest BCUT2D eigenvalue weighted by molar-refractivity contribution is -0.153.